The Labute approximate surface area is 99.4 Å². The fourth-order valence-corrected chi connectivity index (χ4v) is 2.28. The fourth-order valence-electron chi connectivity index (χ4n) is 2.28. The van der Waals surface area contributed by atoms with Gasteiger partial charge in [0.2, 0.25) is 5.91 Å². The molecule has 0 aromatic heterocycles. The topological polar surface area (TPSA) is 32.3 Å². The number of amides is 1. The molecule has 17 heavy (non-hydrogen) atoms. The Hall–Kier alpha value is -0.780. The smallest absolute Gasteiger partial charge is 0.323 e. The quantitative estimate of drug-likeness (QED) is 0.832. The van der Waals surface area contributed by atoms with Crippen LogP contribution < -0.4 is 5.32 Å². The summed E-state index contributed by atoms with van der Waals surface area (Å²) in [4.78, 5) is 13.3. The van der Waals surface area contributed by atoms with Crippen molar-refractivity contribution in [1.82, 2.24) is 10.2 Å². The van der Waals surface area contributed by atoms with Gasteiger partial charge in [-0.25, -0.2) is 0 Å². The summed E-state index contributed by atoms with van der Waals surface area (Å²) in [5.74, 6) is -0.212. The van der Waals surface area contributed by atoms with Crippen LogP contribution in [0.1, 0.15) is 40.0 Å². The summed E-state index contributed by atoms with van der Waals surface area (Å²) in [5.41, 5.74) is 0. The number of hydrogen-bond donors (Lipinski definition) is 1. The minimum atomic E-state index is -4.23. The molecule has 1 aliphatic heterocycles. The molecule has 3 unspecified atom stereocenters. The summed E-state index contributed by atoms with van der Waals surface area (Å²) in [6, 6.07) is -1.15. The third kappa shape index (κ3) is 3.34. The van der Waals surface area contributed by atoms with Crippen LogP contribution in [0.5, 0.6) is 0 Å². The molecule has 3 nitrogen and oxygen atoms in total. The normalized spacial score (nSPS) is 27.6. The van der Waals surface area contributed by atoms with E-state index >= 15 is 0 Å². The predicted molar refractivity (Wildman–Crippen MR) is 58.3 cm³/mol. The number of carbonyl (C=O) groups is 1. The second-order valence-electron chi connectivity index (χ2n) is 4.47. The molecule has 0 radical (unpaired) electrons. The van der Waals surface area contributed by atoms with Crippen LogP contribution in [0.25, 0.3) is 0 Å². The van der Waals surface area contributed by atoms with E-state index in [-0.39, 0.29) is 18.1 Å². The van der Waals surface area contributed by atoms with Crippen LogP contribution in [0.15, 0.2) is 0 Å². The van der Waals surface area contributed by atoms with Gasteiger partial charge in [-0.1, -0.05) is 13.8 Å². The highest BCUT2D eigenvalue weighted by atomic mass is 19.4. The maximum Gasteiger partial charge on any atom is 0.391 e. The van der Waals surface area contributed by atoms with Crippen molar-refractivity contribution in [2.45, 2.75) is 64.5 Å². The van der Waals surface area contributed by atoms with Crippen LogP contribution in [0.3, 0.4) is 0 Å². The lowest BCUT2D eigenvalue weighted by atomic mass is 10.1. The van der Waals surface area contributed by atoms with Gasteiger partial charge in [0.15, 0.2) is 0 Å². The van der Waals surface area contributed by atoms with Gasteiger partial charge in [0.05, 0.1) is 18.6 Å². The van der Waals surface area contributed by atoms with E-state index in [1.165, 1.54) is 11.8 Å². The van der Waals surface area contributed by atoms with Crippen LogP contribution in [0, 0.1) is 0 Å². The molecule has 1 rings (SSSR count). The molecule has 0 bridgehead atoms. The molecule has 100 valence electrons. The Morgan fingerprint density at radius 1 is 1.35 bits per heavy atom. The Balaban J connectivity index is 2.76. The van der Waals surface area contributed by atoms with Gasteiger partial charge in [0.25, 0.3) is 0 Å². The molecular weight excluding hydrogens is 233 g/mol. The number of hydrogen-bond acceptors (Lipinski definition) is 2. The predicted octanol–water partition coefficient (Wildman–Crippen LogP) is 2.27. The molecule has 6 heteroatoms. The van der Waals surface area contributed by atoms with E-state index in [4.69, 9.17) is 0 Å². The van der Waals surface area contributed by atoms with Crippen molar-refractivity contribution in [3.63, 3.8) is 0 Å². The maximum atomic E-state index is 12.3. The molecule has 1 fully saturated rings. The van der Waals surface area contributed by atoms with E-state index in [2.05, 4.69) is 5.32 Å². The lowest BCUT2D eigenvalue weighted by Crippen LogP contribution is -2.44. The highest BCUT2D eigenvalue weighted by Crippen LogP contribution is 2.27. The SMILES string of the molecule is CCC1NC(CC)N(C(C)CC(F)(F)F)C1=O. The van der Waals surface area contributed by atoms with Crippen LogP contribution >= 0.6 is 0 Å². The van der Waals surface area contributed by atoms with Crippen molar-refractivity contribution >= 4 is 5.91 Å². The van der Waals surface area contributed by atoms with E-state index in [1.807, 2.05) is 13.8 Å². The zero-order valence-electron chi connectivity index (χ0n) is 10.3. The number of carbonyl (C=O) groups excluding carboxylic acids is 1. The first-order valence-corrected chi connectivity index (χ1v) is 5.95. The highest BCUT2D eigenvalue weighted by molar-refractivity contribution is 5.84. The molecule has 1 saturated heterocycles. The average Bonchev–Trinajstić information content (AvgIpc) is 2.52. The van der Waals surface area contributed by atoms with Crippen LogP contribution in [-0.2, 0) is 4.79 Å². The van der Waals surface area contributed by atoms with Crippen molar-refractivity contribution in [3.05, 3.63) is 0 Å². The molecule has 1 N–H and O–H groups in total. The number of rotatable bonds is 4. The van der Waals surface area contributed by atoms with E-state index in [0.717, 1.165) is 0 Å². The standard InChI is InChI=1S/C11H19F3N2O/c1-4-8-10(17)16(9(5-2)15-8)7(3)6-11(12,13)14/h7-9,15H,4-6H2,1-3H3. The van der Waals surface area contributed by atoms with Crippen LogP contribution in [0.4, 0.5) is 13.2 Å². The first kappa shape index (κ1) is 14.3. The van der Waals surface area contributed by atoms with Crippen LogP contribution in [0.2, 0.25) is 0 Å². The lowest BCUT2D eigenvalue weighted by Gasteiger charge is -2.30. The second kappa shape index (κ2) is 5.25. The minimum absolute atomic E-state index is 0.212. The van der Waals surface area contributed by atoms with E-state index < -0.39 is 18.6 Å². The molecule has 0 saturated carbocycles. The van der Waals surface area contributed by atoms with E-state index in [0.29, 0.717) is 12.8 Å². The van der Waals surface area contributed by atoms with Crippen molar-refractivity contribution in [3.8, 4) is 0 Å². The fraction of sp³-hybridized carbons (Fsp3) is 0.909. The monoisotopic (exact) mass is 252 g/mol. The van der Waals surface area contributed by atoms with E-state index in [1.54, 1.807) is 0 Å². The zero-order chi connectivity index (χ0) is 13.2. The molecule has 0 aromatic rings. The summed E-state index contributed by atoms with van der Waals surface area (Å²) < 4.78 is 37.0. The molecule has 1 aliphatic rings. The summed E-state index contributed by atoms with van der Waals surface area (Å²) in [7, 11) is 0. The van der Waals surface area contributed by atoms with Gasteiger partial charge in [-0.15, -0.1) is 0 Å². The van der Waals surface area contributed by atoms with Crippen molar-refractivity contribution in [1.29, 1.82) is 0 Å². The summed E-state index contributed by atoms with van der Waals surface area (Å²) >= 11 is 0. The molecule has 0 aromatic carbocycles. The molecule has 1 heterocycles. The Morgan fingerprint density at radius 2 is 1.94 bits per heavy atom. The second-order valence-corrected chi connectivity index (χ2v) is 4.47. The molecule has 1 amide bonds. The van der Waals surface area contributed by atoms with Gasteiger partial charge in [-0.2, -0.15) is 13.2 Å². The first-order valence-electron chi connectivity index (χ1n) is 5.95. The van der Waals surface area contributed by atoms with Crippen LogP contribution in [-0.4, -0.2) is 35.2 Å². The number of nitrogens with one attached hydrogen (secondary N) is 1. The largest absolute Gasteiger partial charge is 0.391 e. The first-order chi connectivity index (χ1) is 7.80. The van der Waals surface area contributed by atoms with Gasteiger partial charge in [0, 0.05) is 6.04 Å². The number of halogens is 3. The Kier molecular flexibility index (Phi) is 4.41. The third-order valence-corrected chi connectivity index (χ3v) is 3.08. The molecule has 3 atom stereocenters. The summed E-state index contributed by atoms with van der Waals surface area (Å²) in [5, 5.41) is 3.07. The van der Waals surface area contributed by atoms with Crippen molar-refractivity contribution in [2.24, 2.45) is 0 Å². The lowest BCUT2D eigenvalue weighted by molar-refractivity contribution is -0.153. The number of nitrogens with zero attached hydrogens (tertiary/aromatic N) is 1. The highest BCUT2D eigenvalue weighted by Gasteiger charge is 2.42. The maximum absolute atomic E-state index is 12.3. The number of alkyl halides is 3. The van der Waals surface area contributed by atoms with Gasteiger partial charge in [-0.05, 0) is 19.8 Å². The average molecular weight is 252 g/mol. The zero-order valence-corrected chi connectivity index (χ0v) is 10.3. The van der Waals surface area contributed by atoms with Crippen molar-refractivity contribution < 1.29 is 18.0 Å². The minimum Gasteiger partial charge on any atom is -0.323 e. The molecule has 0 spiro atoms. The summed E-state index contributed by atoms with van der Waals surface area (Å²) in [6.45, 7) is 5.16. The Morgan fingerprint density at radius 3 is 2.35 bits per heavy atom. The van der Waals surface area contributed by atoms with Gasteiger partial charge in [0.1, 0.15) is 0 Å². The third-order valence-electron chi connectivity index (χ3n) is 3.08. The van der Waals surface area contributed by atoms with Gasteiger partial charge in [-0.3, -0.25) is 10.1 Å². The Bertz CT molecular complexity index is 280. The molecular formula is C11H19F3N2O. The molecule has 0 aliphatic carbocycles. The van der Waals surface area contributed by atoms with Crippen molar-refractivity contribution in [2.75, 3.05) is 0 Å². The van der Waals surface area contributed by atoms with Gasteiger partial charge >= 0.3 is 6.18 Å². The van der Waals surface area contributed by atoms with E-state index in [9.17, 15) is 18.0 Å². The van der Waals surface area contributed by atoms with Gasteiger partial charge < -0.3 is 4.90 Å². The summed E-state index contributed by atoms with van der Waals surface area (Å²) in [6.07, 6.45) is -4.24.